The molecule has 0 aromatic carbocycles. The maximum atomic E-state index is 12.1. The summed E-state index contributed by atoms with van der Waals surface area (Å²) in [5, 5.41) is 10.0. The molecule has 0 unspecified atom stereocenters. The first-order valence-corrected chi connectivity index (χ1v) is 6.52. The van der Waals surface area contributed by atoms with Gasteiger partial charge in [-0.1, -0.05) is 0 Å². The maximum Gasteiger partial charge on any atom is 0.329 e. The summed E-state index contributed by atoms with van der Waals surface area (Å²) < 4.78 is 1.07. The molecule has 3 N–H and O–H groups in total. The maximum absolute atomic E-state index is 12.1. The van der Waals surface area contributed by atoms with E-state index in [9.17, 15) is 19.5 Å². The van der Waals surface area contributed by atoms with E-state index in [1.807, 2.05) is 0 Å². The largest absolute Gasteiger partial charge is 0.507 e. The summed E-state index contributed by atoms with van der Waals surface area (Å²) in [6.07, 6.45) is 4.11. The average molecular weight is 313 g/mol. The van der Waals surface area contributed by atoms with Crippen LogP contribution in [-0.2, 0) is 7.05 Å². The number of rotatable bonds is 2. The highest BCUT2D eigenvalue weighted by molar-refractivity contribution is 5.77. The number of aliphatic hydroxyl groups excluding tert-OH is 1. The molecule has 23 heavy (non-hydrogen) atoms. The van der Waals surface area contributed by atoms with Crippen LogP contribution < -0.4 is 16.8 Å². The molecule has 0 bridgehead atoms. The molecule has 3 aromatic rings. The van der Waals surface area contributed by atoms with Crippen molar-refractivity contribution < 1.29 is 5.11 Å². The van der Waals surface area contributed by atoms with Gasteiger partial charge in [-0.15, -0.1) is 0 Å². The predicted molar refractivity (Wildman–Crippen MR) is 83.0 cm³/mol. The smallest absolute Gasteiger partial charge is 0.329 e. The lowest BCUT2D eigenvalue weighted by atomic mass is 10.2. The van der Waals surface area contributed by atoms with Crippen LogP contribution in [0.25, 0.3) is 23.0 Å². The molecule has 0 saturated heterocycles. The number of pyridine rings is 1. The van der Waals surface area contributed by atoms with Crippen molar-refractivity contribution in [1.82, 2.24) is 24.5 Å². The SMILES string of the molecule is Cn1c(=O)[nH]c(=O)c2nc(/C=C(\O)c3ccncc3)c(=O)[nH]c21. The highest BCUT2D eigenvalue weighted by atomic mass is 16.3. The first-order valence-electron chi connectivity index (χ1n) is 6.52. The fourth-order valence-electron chi connectivity index (χ4n) is 2.03. The van der Waals surface area contributed by atoms with Gasteiger partial charge in [0.2, 0.25) is 0 Å². The molecule has 0 amide bonds. The summed E-state index contributed by atoms with van der Waals surface area (Å²) in [5.74, 6) is -0.203. The fourth-order valence-corrected chi connectivity index (χ4v) is 2.03. The Morgan fingerprint density at radius 2 is 1.87 bits per heavy atom. The summed E-state index contributed by atoms with van der Waals surface area (Å²) in [6, 6.07) is 3.11. The van der Waals surface area contributed by atoms with Crippen molar-refractivity contribution in [2.24, 2.45) is 7.05 Å². The minimum Gasteiger partial charge on any atom is -0.507 e. The van der Waals surface area contributed by atoms with Crippen LogP contribution in [0.5, 0.6) is 0 Å². The van der Waals surface area contributed by atoms with E-state index < -0.39 is 16.8 Å². The molecule has 3 aromatic heterocycles. The zero-order valence-corrected chi connectivity index (χ0v) is 11.9. The van der Waals surface area contributed by atoms with Gasteiger partial charge in [0, 0.05) is 31.1 Å². The van der Waals surface area contributed by atoms with Gasteiger partial charge >= 0.3 is 5.69 Å². The van der Waals surface area contributed by atoms with Gasteiger partial charge < -0.3 is 10.1 Å². The minimum atomic E-state index is -0.725. The zero-order valence-electron chi connectivity index (χ0n) is 11.9. The Kier molecular flexibility index (Phi) is 3.37. The van der Waals surface area contributed by atoms with Crippen LogP contribution in [0.15, 0.2) is 38.9 Å². The Labute approximate surface area is 127 Å². The standard InChI is InChI=1S/C14H11N5O4/c1-19-11-10(13(22)18-14(19)23)16-8(12(21)17-11)6-9(20)7-2-4-15-5-3-7/h2-6,20H,1H3,(H,17,21)(H,18,22,23)/b9-6-. The lowest BCUT2D eigenvalue weighted by Gasteiger charge is -2.04. The van der Waals surface area contributed by atoms with Crippen LogP contribution in [0, 0.1) is 0 Å². The van der Waals surface area contributed by atoms with Gasteiger partial charge in [0.15, 0.2) is 5.52 Å². The van der Waals surface area contributed by atoms with Crippen molar-refractivity contribution in [3.63, 3.8) is 0 Å². The van der Waals surface area contributed by atoms with E-state index in [4.69, 9.17) is 0 Å². The highest BCUT2D eigenvalue weighted by Crippen LogP contribution is 2.12. The Morgan fingerprint density at radius 3 is 2.57 bits per heavy atom. The first kappa shape index (κ1) is 14.4. The molecule has 0 aliphatic carbocycles. The second-order valence-corrected chi connectivity index (χ2v) is 4.73. The van der Waals surface area contributed by atoms with Gasteiger partial charge in [-0.05, 0) is 12.1 Å². The van der Waals surface area contributed by atoms with Crippen molar-refractivity contribution in [1.29, 1.82) is 0 Å². The normalized spacial score (nSPS) is 11.8. The average Bonchev–Trinajstić information content (AvgIpc) is 2.55. The van der Waals surface area contributed by atoms with Crippen molar-refractivity contribution in [2.75, 3.05) is 0 Å². The molecule has 116 valence electrons. The van der Waals surface area contributed by atoms with E-state index in [1.54, 1.807) is 12.1 Å². The van der Waals surface area contributed by atoms with Gasteiger partial charge in [0.1, 0.15) is 17.1 Å². The number of aryl methyl sites for hydroxylation is 1. The topological polar surface area (TPSA) is 134 Å². The Hall–Kier alpha value is -3.49. The third kappa shape index (κ3) is 2.55. The van der Waals surface area contributed by atoms with Crippen molar-refractivity contribution in [2.45, 2.75) is 0 Å². The van der Waals surface area contributed by atoms with E-state index in [2.05, 4.69) is 19.9 Å². The number of hydrogen-bond donors (Lipinski definition) is 3. The molecule has 3 heterocycles. The number of hydrogen-bond acceptors (Lipinski definition) is 6. The van der Waals surface area contributed by atoms with Crippen LogP contribution in [-0.4, -0.2) is 29.6 Å². The molecule has 0 radical (unpaired) electrons. The second kappa shape index (κ2) is 5.37. The molecule has 0 atom stereocenters. The van der Waals surface area contributed by atoms with Crippen LogP contribution >= 0.6 is 0 Å². The molecule has 9 nitrogen and oxygen atoms in total. The summed E-state index contributed by atoms with van der Waals surface area (Å²) in [7, 11) is 1.39. The molecule has 0 aliphatic rings. The van der Waals surface area contributed by atoms with Crippen LogP contribution in [0.4, 0.5) is 0 Å². The zero-order chi connectivity index (χ0) is 16.6. The summed E-state index contributed by atoms with van der Waals surface area (Å²) >= 11 is 0. The molecular formula is C14H11N5O4. The molecule has 0 saturated carbocycles. The molecular weight excluding hydrogens is 302 g/mol. The predicted octanol–water partition coefficient (Wildman–Crippen LogP) is -0.239. The fraction of sp³-hybridized carbons (Fsp3) is 0.0714. The summed E-state index contributed by atoms with van der Waals surface area (Å²) in [4.78, 5) is 47.7. The highest BCUT2D eigenvalue weighted by Gasteiger charge is 2.11. The number of fused-ring (bicyclic) bond motifs is 1. The van der Waals surface area contributed by atoms with Crippen molar-refractivity contribution in [3.8, 4) is 0 Å². The first-order chi connectivity index (χ1) is 11.0. The molecule has 0 spiro atoms. The Bertz CT molecular complexity index is 1090. The number of H-pyrrole nitrogens is 2. The summed E-state index contributed by atoms with van der Waals surface area (Å²) in [6.45, 7) is 0. The lowest BCUT2D eigenvalue weighted by molar-refractivity contribution is 0.515. The quantitative estimate of drug-likeness (QED) is 0.559. The monoisotopic (exact) mass is 313 g/mol. The van der Waals surface area contributed by atoms with Crippen molar-refractivity contribution >= 4 is 23.0 Å². The molecule has 0 fully saturated rings. The van der Waals surface area contributed by atoms with Crippen molar-refractivity contribution in [3.05, 3.63) is 67.0 Å². The minimum absolute atomic E-state index is 0.00398. The number of nitrogens with one attached hydrogen (secondary N) is 2. The third-order valence-electron chi connectivity index (χ3n) is 3.25. The number of aromatic nitrogens is 5. The molecule has 9 heteroatoms. The van der Waals surface area contributed by atoms with Gasteiger partial charge in [-0.25, -0.2) is 9.78 Å². The van der Waals surface area contributed by atoms with Gasteiger partial charge in [0.05, 0.1) is 0 Å². The van der Waals surface area contributed by atoms with E-state index in [1.165, 1.54) is 19.4 Å². The van der Waals surface area contributed by atoms with Gasteiger partial charge in [0.25, 0.3) is 11.1 Å². The lowest BCUT2D eigenvalue weighted by Crippen LogP contribution is -2.31. The van der Waals surface area contributed by atoms with Gasteiger partial charge in [-0.2, -0.15) is 0 Å². The molecule has 3 rings (SSSR count). The van der Waals surface area contributed by atoms with Crippen LogP contribution in [0.1, 0.15) is 11.3 Å². The second-order valence-electron chi connectivity index (χ2n) is 4.73. The van der Waals surface area contributed by atoms with E-state index in [-0.39, 0.29) is 22.6 Å². The molecule has 0 aliphatic heterocycles. The Morgan fingerprint density at radius 1 is 1.17 bits per heavy atom. The Balaban J connectivity index is 2.24. The van der Waals surface area contributed by atoms with E-state index >= 15 is 0 Å². The van der Waals surface area contributed by atoms with Gasteiger partial charge in [-0.3, -0.25) is 24.1 Å². The van der Waals surface area contributed by atoms with Crippen LogP contribution in [0.2, 0.25) is 0 Å². The number of aliphatic hydroxyl groups is 1. The number of aromatic amines is 2. The number of nitrogens with zero attached hydrogens (tertiary/aromatic N) is 3. The van der Waals surface area contributed by atoms with E-state index in [0.29, 0.717) is 5.56 Å². The third-order valence-corrected chi connectivity index (χ3v) is 3.25. The van der Waals surface area contributed by atoms with E-state index in [0.717, 1.165) is 10.6 Å². The van der Waals surface area contributed by atoms with Crippen LogP contribution in [0.3, 0.4) is 0 Å². The summed E-state index contributed by atoms with van der Waals surface area (Å²) in [5.41, 5.74) is -1.85.